The Balaban J connectivity index is 1.21. The summed E-state index contributed by atoms with van der Waals surface area (Å²) in [4.78, 5) is 14.4. The number of aromatic nitrogens is 1. The number of piperidine rings is 1. The number of nitrogens with one attached hydrogen (secondary N) is 1. The zero-order valence-corrected chi connectivity index (χ0v) is 16.5. The minimum Gasteiger partial charge on any atom is -0.362 e. The summed E-state index contributed by atoms with van der Waals surface area (Å²) in [5.74, 6) is 1.19. The van der Waals surface area contributed by atoms with Gasteiger partial charge in [-0.1, -0.05) is 24.3 Å². The van der Waals surface area contributed by atoms with Crippen LogP contribution in [0.25, 0.3) is 10.9 Å². The van der Waals surface area contributed by atoms with Crippen LogP contribution in [-0.2, 0) is 6.54 Å². The van der Waals surface area contributed by atoms with Gasteiger partial charge in [-0.05, 0) is 35.9 Å². The molecule has 0 unspecified atom stereocenters. The number of amidine groups is 1. The SMILES string of the molecule is c1ccc2c(c1)NC1(CCN(Cc3ccc4ncccc4c3)CC1)N1CCN=C21. The third-order valence-corrected chi connectivity index (χ3v) is 6.65. The van der Waals surface area contributed by atoms with E-state index in [1.165, 1.54) is 28.0 Å². The van der Waals surface area contributed by atoms with Crippen LogP contribution in [0.15, 0.2) is 65.8 Å². The van der Waals surface area contributed by atoms with Crippen molar-refractivity contribution in [1.82, 2.24) is 14.8 Å². The highest BCUT2D eigenvalue weighted by atomic mass is 15.4. The predicted octanol–water partition coefficient (Wildman–Crippen LogP) is 3.71. The summed E-state index contributed by atoms with van der Waals surface area (Å²) in [5.41, 5.74) is 4.93. The Kier molecular flexibility index (Phi) is 3.84. The fraction of sp³-hybridized carbons (Fsp3) is 0.333. The molecule has 0 radical (unpaired) electrons. The molecule has 3 aliphatic rings. The molecule has 5 nitrogen and oxygen atoms in total. The Bertz CT molecular complexity index is 1100. The highest BCUT2D eigenvalue weighted by molar-refractivity contribution is 6.06. The van der Waals surface area contributed by atoms with Gasteiger partial charge < -0.3 is 10.2 Å². The van der Waals surface area contributed by atoms with E-state index in [0.29, 0.717) is 0 Å². The van der Waals surface area contributed by atoms with Crippen molar-refractivity contribution < 1.29 is 0 Å². The van der Waals surface area contributed by atoms with E-state index < -0.39 is 0 Å². The van der Waals surface area contributed by atoms with Gasteiger partial charge in [-0.25, -0.2) is 0 Å². The molecule has 0 atom stereocenters. The van der Waals surface area contributed by atoms with E-state index in [9.17, 15) is 0 Å². The van der Waals surface area contributed by atoms with Crippen LogP contribution in [0.1, 0.15) is 24.0 Å². The van der Waals surface area contributed by atoms with E-state index in [1.54, 1.807) is 0 Å². The zero-order chi connectivity index (χ0) is 19.3. The van der Waals surface area contributed by atoms with E-state index in [2.05, 4.69) is 68.6 Å². The largest absolute Gasteiger partial charge is 0.362 e. The summed E-state index contributed by atoms with van der Waals surface area (Å²) in [6, 6.07) is 19.4. The minimum atomic E-state index is 0.00743. The molecule has 6 rings (SSSR count). The monoisotopic (exact) mass is 383 g/mol. The maximum absolute atomic E-state index is 4.85. The van der Waals surface area contributed by atoms with Gasteiger partial charge in [-0.2, -0.15) is 0 Å². The molecule has 29 heavy (non-hydrogen) atoms. The van der Waals surface area contributed by atoms with Gasteiger partial charge in [0.05, 0.1) is 12.1 Å². The summed E-state index contributed by atoms with van der Waals surface area (Å²) in [6.07, 6.45) is 4.07. The van der Waals surface area contributed by atoms with E-state index in [0.717, 1.165) is 51.1 Å². The summed E-state index contributed by atoms with van der Waals surface area (Å²) < 4.78 is 0. The molecule has 4 heterocycles. The summed E-state index contributed by atoms with van der Waals surface area (Å²) in [5, 5.41) is 5.13. The topological polar surface area (TPSA) is 43.8 Å². The maximum atomic E-state index is 4.85. The molecule has 2 aromatic carbocycles. The number of para-hydroxylation sites is 1. The van der Waals surface area contributed by atoms with E-state index >= 15 is 0 Å². The smallest absolute Gasteiger partial charge is 0.134 e. The van der Waals surface area contributed by atoms with Gasteiger partial charge in [0.1, 0.15) is 11.5 Å². The normalized spacial score (nSPS) is 20.3. The van der Waals surface area contributed by atoms with Crippen molar-refractivity contribution in [3.05, 3.63) is 71.9 Å². The van der Waals surface area contributed by atoms with Crippen LogP contribution >= 0.6 is 0 Å². The van der Waals surface area contributed by atoms with Crippen molar-refractivity contribution in [3.8, 4) is 0 Å². The van der Waals surface area contributed by atoms with Crippen LogP contribution in [0, 0.1) is 0 Å². The second kappa shape index (κ2) is 6.56. The average molecular weight is 383 g/mol. The molecular formula is C24H25N5. The van der Waals surface area contributed by atoms with Gasteiger partial charge in [0.25, 0.3) is 0 Å². The molecule has 0 aliphatic carbocycles. The fourth-order valence-corrected chi connectivity index (χ4v) is 5.16. The van der Waals surface area contributed by atoms with Crippen molar-refractivity contribution >= 4 is 22.4 Å². The number of hydrogen-bond acceptors (Lipinski definition) is 5. The molecule has 5 heteroatoms. The molecule has 1 N–H and O–H groups in total. The lowest BCUT2D eigenvalue weighted by Gasteiger charge is -2.52. The quantitative estimate of drug-likeness (QED) is 0.733. The number of anilines is 1. The van der Waals surface area contributed by atoms with Gasteiger partial charge >= 0.3 is 0 Å². The molecule has 1 aromatic heterocycles. The Morgan fingerprint density at radius 1 is 0.966 bits per heavy atom. The number of fused-ring (bicyclic) bond motifs is 5. The zero-order valence-electron chi connectivity index (χ0n) is 16.5. The van der Waals surface area contributed by atoms with Gasteiger partial charge in [0.15, 0.2) is 0 Å². The Morgan fingerprint density at radius 3 is 2.79 bits per heavy atom. The van der Waals surface area contributed by atoms with Crippen molar-refractivity contribution in [2.24, 2.45) is 4.99 Å². The van der Waals surface area contributed by atoms with Crippen LogP contribution in [0.5, 0.6) is 0 Å². The molecule has 1 fully saturated rings. The molecule has 1 saturated heterocycles. The number of pyridine rings is 1. The summed E-state index contributed by atoms with van der Waals surface area (Å²) >= 11 is 0. The van der Waals surface area contributed by atoms with E-state index in [-0.39, 0.29) is 5.66 Å². The number of benzene rings is 2. The molecule has 0 amide bonds. The van der Waals surface area contributed by atoms with Crippen molar-refractivity contribution in [2.75, 3.05) is 31.5 Å². The molecule has 0 saturated carbocycles. The Hall–Kier alpha value is -2.92. The first kappa shape index (κ1) is 17.0. The Morgan fingerprint density at radius 2 is 1.86 bits per heavy atom. The van der Waals surface area contributed by atoms with Crippen LogP contribution in [0.2, 0.25) is 0 Å². The molecule has 146 valence electrons. The predicted molar refractivity (Wildman–Crippen MR) is 117 cm³/mol. The van der Waals surface area contributed by atoms with Crippen LogP contribution < -0.4 is 5.32 Å². The third kappa shape index (κ3) is 2.80. The maximum Gasteiger partial charge on any atom is 0.134 e. The number of nitrogens with zero attached hydrogens (tertiary/aromatic N) is 4. The second-order valence-electron chi connectivity index (χ2n) is 8.37. The van der Waals surface area contributed by atoms with E-state index in [4.69, 9.17) is 4.99 Å². The van der Waals surface area contributed by atoms with Crippen LogP contribution in [0.3, 0.4) is 0 Å². The molecule has 1 spiro atoms. The molecular weight excluding hydrogens is 358 g/mol. The van der Waals surface area contributed by atoms with Crippen molar-refractivity contribution in [1.29, 1.82) is 0 Å². The second-order valence-corrected chi connectivity index (χ2v) is 8.37. The standard InChI is InChI=1S/C24H25N5/c1-2-6-22-20(5-1)23-26-12-15-29(23)24(27-22)9-13-28(14-10-24)17-18-7-8-21-19(16-18)4-3-11-25-21/h1-8,11,16,27H,9-10,12-15,17H2. The lowest BCUT2D eigenvalue weighted by atomic mass is 9.90. The number of rotatable bonds is 2. The third-order valence-electron chi connectivity index (χ3n) is 6.65. The van der Waals surface area contributed by atoms with E-state index in [1.807, 2.05) is 12.3 Å². The van der Waals surface area contributed by atoms with Gasteiger partial charge in [0, 0.05) is 61.9 Å². The first-order chi connectivity index (χ1) is 14.3. The van der Waals surface area contributed by atoms with Crippen molar-refractivity contribution in [2.45, 2.75) is 25.0 Å². The highest BCUT2D eigenvalue weighted by Gasteiger charge is 2.46. The van der Waals surface area contributed by atoms with Gasteiger partial charge in [-0.15, -0.1) is 0 Å². The first-order valence-electron chi connectivity index (χ1n) is 10.6. The lowest BCUT2D eigenvalue weighted by Crippen LogP contribution is -2.63. The number of aliphatic imine (C=N–C) groups is 1. The van der Waals surface area contributed by atoms with Crippen LogP contribution in [-0.4, -0.2) is 52.5 Å². The summed E-state index contributed by atoms with van der Waals surface area (Å²) in [6.45, 7) is 5.10. The van der Waals surface area contributed by atoms with Crippen LogP contribution in [0.4, 0.5) is 5.69 Å². The fourth-order valence-electron chi connectivity index (χ4n) is 5.16. The first-order valence-corrected chi connectivity index (χ1v) is 10.6. The highest BCUT2D eigenvalue weighted by Crippen LogP contribution is 2.39. The minimum absolute atomic E-state index is 0.00743. The molecule has 3 aliphatic heterocycles. The van der Waals surface area contributed by atoms with Gasteiger partial charge in [-0.3, -0.25) is 14.9 Å². The number of hydrogen-bond donors (Lipinski definition) is 1. The summed E-state index contributed by atoms with van der Waals surface area (Å²) in [7, 11) is 0. The molecule has 0 bridgehead atoms. The molecule has 3 aromatic rings. The average Bonchev–Trinajstić information content (AvgIpc) is 3.27. The lowest BCUT2D eigenvalue weighted by molar-refractivity contribution is 0.0896. The van der Waals surface area contributed by atoms with Gasteiger partial charge in [0.2, 0.25) is 0 Å². The Labute approximate surface area is 171 Å². The van der Waals surface area contributed by atoms with Crippen molar-refractivity contribution in [3.63, 3.8) is 0 Å². The number of likely N-dealkylation sites (tertiary alicyclic amines) is 1.